The van der Waals surface area contributed by atoms with Crippen molar-refractivity contribution in [3.8, 4) is 5.75 Å². The number of carbonyl (C=O) groups is 3. The number of hydrogen-bond donors (Lipinski definition) is 1. The molecule has 50 heavy (non-hydrogen) atoms. The average Bonchev–Trinajstić information content (AvgIpc) is 3.59. The third-order valence-electron chi connectivity index (χ3n) is 9.77. The number of ether oxygens (including phenoxy) is 2. The average molecular weight is 700 g/mol. The van der Waals surface area contributed by atoms with Crippen LogP contribution >= 0.6 is 0 Å². The Balaban J connectivity index is 0.993. The largest absolute Gasteiger partial charge is 0.489 e. The Labute approximate surface area is 285 Å². The summed E-state index contributed by atoms with van der Waals surface area (Å²) in [5, 5.41) is 2.84. The number of amides is 3. The van der Waals surface area contributed by atoms with Crippen LogP contribution in [0.25, 0.3) is 10.9 Å². The molecule has 1 N–H and O–H groups in total. The van der Waals surface area contributed by atoms with Crippen molar-refractivity contribution >= 4 is 34.6 Å². The molecule has 0 radical (unpaired) electrons. The molecule has 0 bridgehead atoms. The highest BCUT2D eigenvalue weighted by Crippen LogP contribution is 2.33. The molecule has 12 nitrogen and oxygen atoms in total. The summed E-state index contributed by atoms with van der Waals surface area (Å²) < 4.78 is 65.7. The van der Waals surface area contributed by atoms with E-state index in [0.29, 0.717) is 56.0 Å². The first-order valence-corrected chi connectivity index (χ1v) is 16.6. The van der Waals surface area contributed by atoms with Gasteiger partial charge in [-0.05, 0) is 47.9 Å². The highest BCUT2D eigenvalue weighted by Gasteiger charge is 2.40. The molecule has 3 fully saturated rings. The third-order valence-corrected chi connectivity index (χ3v) is 9.77. The molecular weight excluding hydrogens is 662 g/mol. The maximum atomic E-state index is 15.4. The SMILES string of the molecule is COC[C@@H]1CN(Cc2cc(F)c3nc(N4CCN(CC(F)(F)F)CC4)ncc3c2)C[C@H]1Oc1ccc2c(c1)CN([C@H]1CCC(=O)NC1=O)C2=O. The van der Waals surface area contributed by atoms with Crippen LogP contribution in [0.3, 0.4) is 0 Å². The van der Waals surface area contributed by atoms with Gasteiger partial charge in [-0.2, -0.15) is 13.2 Å². The van der Waals surface area contributed by atoms with Crippen LogP contribution in [0.5, 0.6) is 5.75 Å². The topological polar surface area (TPSA) is 120 Å². The van der Waals surface area contributed by atoms with Crippen LogP contribution in [0.15, 0.2) is 36.5 Å². The summed E-state index contributed by atoms with van der Waals surface area (Å²) in [6.45, 7) is 2.39. The lowest BCUT2D eigenvalue weighted by molar-refractivity contribution is -0.146. The van der Waals surface area contributed by atoms with Crippen LogP contribution in [0.2, 0.25) is 0 Å². The Kier molecular flexibility index (Phi) is 9.34. The van der Waals surface area contributed by atoms with Crippen molar-refractivity contribution < 1.29 is 41.4 Å². The molecule has 1 aromatic heterocycles. The van der Waals surface area contributed by atoms with Crippen LogP contribution in [-0.4, -0.2) is 120 Å². The van der Waals surface area contributed by atoms with Crippen LogP contribution < -0.4 is 15.0 Å². The highest BCUT2D eigenvalue weighted by atomic mass is 19.4. The maximum absolute atomic E-state index is 15.4. The molecule has 2 aromatic carbocycles. The van der Waals surface area contributed by atoms with Crippen molar-refractivity contribution in [3.05, 3.63) is 59.0 Å². The number of rotatable bonds is 9. The van der Waals surface area contributed by atoms with Crippen molar-refractivity contribution in [2.24, 2.45) is 5.92 Å². The van der Waals surface area contributed by atoms with E-state index in [-0.39, 0.29) is 67.8 Å². The summed E-state index contributed by atoms with van der Waals surface area (Å²) in [5.74, 6) is -0.666. The quantitative estimate of drug-likeness (QED) is 0.264. The summed E-state index contributed by atoms with van der Waals surface area (Å²) in [6, 6.07) is 7.86. The molecule has 4 aliphatic rings. The van der Waals surface area contributed by atoms with Gasteiger partial charge in [0.1, 0.15) is 29.2 Å². The molecule has 3 amide bonds. The van der Waals surface area contributed by atoms with Crippen LogP contribution in [0, 0.1) is 11.7 Å². The summed E-state index contributed by atoms with van der Waals surface area (Å²) in [5.41, 5.74) is 2.13. The van der Waals surface area contributed by atoms with Crippen molar-refractivity contribution in [3.63, 3.8) is 0 Å². The summed E-state index contributed by atoms with van der Waals surface area (Å²) in [4.78, 5) is 52.7. The van der Waals surface area contributed by atoms with Gasteiger partial charge < -0.3 is 19.3 Å². The molecule has 3 saturated heterocycles. The number of fused-ring (bicyclic) bond motifs is 2. The summed E-state index contributed by atoms with van der Waals surface area (Å²) in [7, 11) is 1.62. The minimum Gasteiger partial charge on any atom is -0.489 e. The normalized spacial score (nSPS) is 23.5. The number of carbonyl (C=O) groups excluding carboxylic acids is 3. The van der Waals surface area contributed by atoms with Gasteiger partial charge >= 0.3 is 6.18 Å². The minimum absolute atomic E-state index is 0.0163. The van der Waals surface area contributed by atoms with E-state index in [1.165, 1.54) is 15.9 Å². The van der Waals surface area contributed by atoms with Gasteiger partial charge in [0.15, 0.2) is 0 Å². The van der Waals surface area contributed by atoms with Crippen molar-refractivity contribution in [2.75, 3.05) is 64.4 Å². The number of piperazine rings is 1. The van der Waals surface area contributed by atoms with Gasteiger partial charge in [0.25, 0.3) is 5.91 Å². The van der Waals surface area contributed by atoms with E-state index in [2.05, 4.69) is 20.2 Å². The van der Waals surface area contributed by atoms with Crippen molar-refractivity contribution in [1.29, 1.82) is 0 Å². The van der Waals surface area contributed by atoms with E-state index in [0.717, 1.165) is 11.1 Å². The second-order valence-corrected chi connectivity index (χ2v) is 13.3. The standard InChI is InChI=1S/C34H37F4N7O5/c1-49-18-23-15-43(17-28(23)50-24-2-3-25-22(12-24)16-45(32(25)48)27-4-5-29(46)40-31(27)47)14-20-10-21-13-39-33(41-30(21)26(35)11-20)44-8-6-42(7-9-44)19-34(36,37)38/h2-3,10-13,23,27-28H,4-9,14-19H2,1H3,(H,40,46,47)/t23-,27-,28+/m0/s1. The first-order chi connectivity index (χ1) is 23.9. The van der Waals surface area contributed by atoms with Gasteiger partial charge in [-0.1, -0.05) is 0 Å². The number of likely N-dealkylation sites (tertiary alicyclic amines) is 1. The van der Waals surface area contributed by atoms with E-state index >= 15 is 4.39 Å². The molecule has 7 rings (SSSR count). The Morgan fingerprint density at radius 1 is 1.02 bits per heavy atom. The number of nitrogens with zero attached hydrogens (tertiary/aromatic N) is 6. The number of aromatic nitrogens is 2. The first-order valence-electron chi connectivity index (χ1n) is 16.6. The molecule has 0 aliphatic carbocycles. The Morgan fingerprint density at radius 2 is 1.82 bits per heavy atom. The lowest BCUT2D eigenvalue weighted by Gasteiger charge is -2.34. The molecule has 266 valence electrons. The predicted octanol–water partition coefficient (Wildman–Crippen LogP) is 2.74. The zero-order valence-corrected chi connectivity index (χ0v) is 27.4. The Bertz CT molecular complexity index is 1800. The monoisotopic (exact) mass is 699 g/mol. The number of methoxy groups -OCH3 is 1. The zero-order chi connectivity index (χ0) is 35.2. The fourth-order valence-electron chi connectivity index (χ4n) is 7.38. The lowest BCUT2D eigenvalue weighted by atomic mass is 10.0. The third kappa shape index (κ3) is 7.23. The molecule has 0 saturated carbocycles. The van der Waals surface area contributed by atoms with E-state index in [1.807, 2.05) is 12.1 Å². The number of benzene rings is 2. The second kappa shape index (κ2) is 13.7. The van der Waals surface area contributed by atoms with E-state index < -0.39 is 30.5 Å². The molecule has 4 aliphatic heterocycles. The van der Waals surface area contributed by atoms with Gasteiger partial charge in [-0.3, -0.25) is 29.5 Å². The number of alkyl halides is 3. The number of nitrogens with one attached hydrogen (secondary N) is 1. The van der Waals surface area contributed by atoms with Gasteiger partial charge in [0, 0.05) is 89.0 Å². The molecule has 5 heterocycles. The van der Waals surface area contributed by atoms with E-state index in [4.69, 9.17) is 9.47 Å². The molecule has 3 atom stereocenters. The fraction of sp³-hybridized carbons (Fsp3) is 0.500. The number of halogens is 4. The number of piperidine rings is 1. The van der Waals surface area contributed by atoms with Gasteiger partial charge in [-0.15, -0.1) is 0 Å². The predicted molar refractivity (Wildman–Crippen MR) is 172 cm³/mol. The fourth-order valence-corrected chi connectivity index (χ4v) is 7.38. The number of hydrogen-bond acceptors (Lipinski definition) is 10. The molecule has 0 unspecified atom stereocenters. The van der Waals surface area contributed by atoms with Crippen LogP contribution in [0.1, 0.15) is 34.3 Å². The maximum Gasteiger partial charge on any atom is 0.401 e. The summed E-state index contributed by atoms with van der Waals surface area (Å²) >= 11 is 0. The number of imide groups is 1. The first kappa shape index (κ1) is 34.1. The Morgan fingerprint density at radius 3 is 2.56 bits per heavy atom. The van der Waals surface area contributed by atoms with E-state index in [1.54, 1.807) is 30.3 Å². The molecule has 3 aromatic rings. The number of anilines is 1. The molecular formula is C34H37F4N7O5. The Hall–Kier alpha value is -4.41. The summed E-state index contributed by atoms with van der Waals surface area (Å²) in [6.07, 6.45) is -2.48. The highest BCUT2D eigenvalue weighted by molar-refractivity contribution is 6.05. The van der Waals surface area contributed by atoms with E-state index in [9.17, 15) is 27.6 Å². The van der Waals surface area contributed by atoms with Gasteiger partial charge in [-0.25, -0.2) is 14.4 Å². The van der Waals surface area contributed by atoms with Gasteiger partial charge in [0.2, 0.25) is 17.8 Å². The van der Waals surface area contributed by atoms with Crippen LogP contribution in [-0.2, 0) is 27.4 Å². The van der Waals surface area contributed by atoms with Crippen LogP contribution in [0.4, 0.5) is 23.5 Å². The van der Waals surface area contributed by atoms with Gasteiger partial charge in [0.05, 0.1) is 13.2 Å². The van der Waals surface area contributed by atoms with Crippen molar-refractivity contribution in [2.45, 2.75) is 44.3 Å². The van der Waals surface area contributed by atoms with Crippen molar-refractivity contribution in [1.82, 2.24) is 30.0 Å². The lowest BCUT2D eigenvalue weighted by Crippen LogP contribution is -2.52. The minimum atomic E-state index is -4.26. The molecule has 16 heteroatoms. The smallest absolute Gasteiger partial charge is 0.401 e. The molecule has 0 spiro atoms. The second-order valence-electron chi connectivity index (χ2n) is 13.3. The zero-order valence-electron chi connectivity index (χ0n) is 27.4.